The first-order chi connectivity index (χ1) is 11.1. The maximum Gasteiger partial charge on any atom is 0.272 e. The quantitative estimate of drug-likeness (QED) is 0.834. The molecule has 2 N–H and O–H groups in total. The van der Waals surface area contributed by atoms with Crippen molar-refractivity contribution in [2.75, 3.05) is 10.0 Å². The van der Waals surface area contributed by atoms with Crippen LogP contribution in [0.25, 0.3) is 0 Å². The van der Waals surface area contributed by atoms with Gasteiger partial charge in [-0.3, -0.25) is 4.72 Å². The molecule has 8 heteroatoms. The summed E-state index contributed by atoms with van der Waals surface area (Å²) in [6, 6.07) is 7.30. The Morgan fingerprint density at radius 3 is 2.43 bits per heavy atom. The highest BCUT2D eigenvalue weighted by atomic mass is 32.2. The summed E-state index contributed by atoms with van der Waals surface area (Å²) in [6.07, 6.45) is 5.59. The lowest BCUT2D eigenvalue weighted by Crippen LogP contribution is -2.17. The van der Waals surface area contributed by atoms with E-state index in [-0.39, 0.29) is 5.82 Å². The fourth-order valence-electron chi connectivity index (χ4n) is 2.62. The van der Waals surface area contributed by atoms with Gasteiger partial charge in [0.05, 0.1) is 0 Å². The standard InChI is InChI=1S/C15H20N4O2S2/c1-2-12-7-10-15(22-12)23(20,21)19-14-9-8-13(17-18-14)16-11-5-3-4-6-11/h7-11H,2-6H2,1H3,(H,16,17)(H,18,19). The van der Waals surface area contributed by atoms with Crippen LogP contribution in [0.3, 0.4) is 0 Å². The molecule has 0 amide bonds. The van der Waals surface area contributed by atoms with Gasteiger partial charge in [0, 0.05) is 10.9 Å². The molecule has 2 heterocycles. The van der Waals surface area contributed by atoms with Gasteiger partial charge in [0.1, 0.15) is 10.0 Å². The molecule has 0 aliphatic heterocycles. The molecule has 6 nitrogen and oxygen atoms in total. The molecule has 0 saturated heterocycles. The van der Waals surface area contributed by atoms with Crippen molar-refractivity contribution >= 4 is 33.0 Å². The average molecular weight is 352 g/mol. The number of sulfonamides is 1. The van der Waals surface area contributed by atoms with Gasteiger partial charge in [-0.15, -0.1) is 21.5 Å². The second-order valence-corrected chi connectivity index (χ2v) is 8.69. The number of nitrogens with zero attached hydrogens (tertiary/aromatic N) is 2. The van der Waals surface area contributed by atoms with Crippen LogP contribution >= 0.6 is 11.3 Å². The summed E-state index contributed by atoms with van der Waals surface area (Å²) in [5.74, 6) is 0.915. The highest BCUT2D eigenvalue weighted by molar-refractivity contribution is 7.94. The van der Waals surface area contributed by atoms with Crippen molar-refractivity contribution < 1.29 is 8.42 Å². The van der Waals surface area contributed by atoms with E-state index in [1.54, 1.807) is 18.2 Å². The molecule has 1 aliphatic carbocycles. The van der Waals surface area contributed by atoms with Gasteiger partial charge in [0.15, 0.2) is 5.82 Å². The molecule has 1 saturated carbocycles. The molecule has 0 atom stereocenters. The Labute approximate surface area is 140 Å². The van der Waals surface area contributed by atoms with Crippen molar-refractivity contribution in [2.24, 2.45) is 0 Å². The van der Waals surface area contributed by atoms with Crippen molar-refractivity contribution in [3.05, 3.63) is 29.1 Å². The van der Waals surface area contributed by atoms with Crippen LogP contribution in [-0.2, 0) is 16.4 Å². The van der Waals surface area contributed by atoms with Crippen LogP contribution in [0.2, 0.25) is 0 Å². The first-order valence-electron chi connectivity index (χ1n) is 7.78. The van der Waals surface area contributed by atoms with Gasteiger partial charge in [0.25, 0.3) is 10.0 Å². The number of aromatic nitrogens is 2. The van der Waals surface area contributed by atoms with Gasteiger partial charge in [-0.25, -0.2) is 8.42 Å². The smallest absolute Gasteiger partial charge is 0.272 e. The minimum absolute atomic E-state index is 0.230. The predicted octanol–water partition coefficient (Wildman–Crippen LogP) is 3.26. The molecule has 1 aliphatic rings. The summed E-state index contributed by atoms with van der Waals surface area (Å²) in [5.41, 5.74) is 0. The predicted molar refractivity (Wildman–Crippen MR) is 92.4 cm³/mol. The summed E-state index contributed by atoms with van der Waals surface area (Å²) < 4.78 is 27.4. The van der Waals surface area contributed by atoms with Crippen molar-refractivity contribution in [1.82, 2.24) is 10.2 Å². The Morgan fingerprint density at radius 2 is 1.83 bits per heavy atom. The van der Waals surface area contributed by atoms with Crippen LogP contribution < -0.4 is 10.0 Å². The maximum absolute atomic E-state index is 12.3. The molecular formula is C15H20N4O2S2. The number of hydrogen-bond donors (Lipinski definition) is 2. The molecule has 23 heavy (non-hydrogen) atoms. The third-order valence-electron chi connectivity index (χ3n) is 3.86. The number of thiophene rings is 1. The van der Waals surface area contributed by atoms with E-state index in [9.17, 15) is 8.42 Å². The fraction of sp³-hybridized carbons (Fsp3) is 0.467. The third kappa shape index (κ3) is 4.00. The van der Waals surface area contributed by atoms with Gasteiger partial charge < -0.3 is 5.32 Å². The minimum Gasteiger partial charge on any atom is -0.366 e. The largest absolute Gasteiger partial charge is 0.366 e. The Balaban J connectivity index is 1.67. The zero-order valence-corrected chi connectivity index (χ0v) is 14.6. The van der Waals surface area contributed by atoms with Crippen LogP contribution in [0.1, 0.15) is 37.5 Å². The molecule has 2 aromatic rings. The van der Waals surface area contributed by atoms with Crippen LogP contribution in [0, 0.1) is 0 Å². The second kappa shape index (κ2) is 6.84. The van der Waals surface area contributed by atoms with Gasteiger partial charge in [-0.05, 0) is 43.5 Å². The molecule has 124 valence electrons. The zero-order valence-electron chi connectivity index (χ0n) is 12.9. The molecule has 0 unspecified atom stereocenters. The van der Waals surface area contributed by atoms with E-state index in [4.69, 9.17) is 0 Å². The number of nitrogens with one attached hydrogen (secondary N) is 2. The Kier molecular flexibility index (Phi) is 4.82. The third-order valence-corrected chi connectivity index (χ3v) is 6.94. The fourth-order valence-corrected chi connectivity index (χ4v) is 4.92. The van der Waals surface area contributed by atoms with Crippen LogP contribution in [0.5, 0.6) is 0 Å². The first-order valence-corrected chi connectivity index (χ1v) is 10.1. The lowest BCUT2D eigenvalue weighted by Gasteiger charge is -2.12. The van der Waals surface area contributed by atoms with E-state index in [0.29, 0.717) is 16.1 Å². The van der Waals surface area contributed by atoms with E-state index < -0.39 is 10.0 Å². The number of hydrogen-bond acceptors (Lipinski definition) is 6. The Hall–Kier alpha value is -1.67. The van der Waals surface area contributed by atoms with Crippen LogP contribution in [0.15, 0.2) is 28.5 Å². The topological polar surface area (TPSA) is 84.0 Å². The SMILES string of the molecule is CCc1ccc(S(=O)(=O)Nc2ccc(NC3CCCC3)nn2)s1. The van der Waals surface area contributed by atoms with Crippen molar-refractivity contribution in [1.29, 1.82) is 0 Å². The van der Waals surface area contributed by atoms with Gasteiger partial charge in [-0.2, -0.15) is 0 Å². The summed E-state index contributed by atoms with van der Waals surface area (Å²) in [7, 11) is -3.59. The molecule has 0 spiro atoms. The number of anilines is 2. The lowest BCUT2D eigenvalue weighted by molar-refractivity contribution is 0.603. The normalized spacial score (nSPS) is 15.7. The van der Waals surface area contributed by atoms with Gasteiger partial charge >= 0.3 is 0 Å². The molecule has 2 aromatic heterocycles. The molecule has 0 radical (unpaired) electrons. The first kappa shape index (κ1) is 16.2. The van der Waals surface area contributed by atoms with Crippen LogP contribution in [-0.4, -0.2) is 24.7 Å². The van der Waals surface area contributed by atoms with Gasteiger partial charge in [0.2, 0.25) is 0 Å². The highest BCUT2D eigenvalue weighted by Gasteiger charge is 2.18. The number of rotatable bonds is 6. The second-order valence-electron chi connectivity index (χ2n) is 5.61. The van der Waals surface area contributed by atoms with E-state index in [1.807, 2.05) is 13.0 Å². The summed E-state index contributed by atoms with van der Waals surface area (Å²) in [4.78, 5) is 1.03. The molecule has 3 rings (SSSR count). The summed E-state index contributed by atoms with van der Waals surface area (Å²) >= 11 is 1.27. The van der Waals surface area contributed by atoms with E-state index in [1.165, 1.54) is 24.2 Å². The number of aryl methyl sites for hydroxylation is 1. The van der Waals surface area contributed by atoms with Crippen molar-refractivity contribution in [3.8, 4) is 0 Å². The molecular weight excluding hydrogens is 332 g/mol. The van der Waals surface area contributed by atoms with Crippen molar-refractivity contribution in [3.63, 3.8) is 0 Å². The maximum atomic E-state index is 12.3. The van der Waals surface area contributed by atoms with Gasteiger partial charge in [-0.1, -0.05) is 19.8 Å². The van der Waals surface area contributed by atoms with E-state index in [2.05, 4.69) is 20.2 Å². The monoisotopic (exact) mass is 352 g/mol. The molecule has 0 aromatic carbocycles. The Morgan fingerprint density at radius 1 is 1.13 bits per heavy atom. The average Bonchev–Trinajstić information content (AvgIpc) is 3.20. The van der Waals surface area contributed by atoms with Crippen LogP contribution in [0.4, 0.5) is 11.6 Å². The lowest BCUT2D eigenvalue weighted by atomic mass is 10.2. The van der Waals surface area contributed by atoms with E-state index >= 15 is 0 Å². The molecule has 0 bridgehead atoms. The summed E-state index contributed by atoms with van der Waals surface area (Å²) in [5, 5.41) is 11.3. The van der Waals surface area contributed by atoms with Crippen molar-refractivity contribution in [2.45, 2.75) is 49.3 Å². The Bertz CT molecular complexity index is 750. The highest BCUT2D eigenvalue weighted by Crippen LogP contribution is 2.24. The zero-order chi connectivity index (χ0) is 16.3. The summed E-state index contributed by atoms with van der Waals surface area (Å²) in [6.45, 7) is 2.00. The minimum atomic E-state index is -3.59. The molecule has 1 fully saturated rings. The van der Waals surface area contributed by atoms with E-state index in [0.717, 1.165) is 24.1 Å².